The summed E-state index contributed by atoms with van der Waals surface area (Å²) in [6.07, 6.45) is 2.09. The van der Waals surface area contributed by atoms with E-state index in [2.05, 4.69) is 28.8 Å². The minimum absolute atomic E-state index is 0.298. The second-order valence-corrected chi connectivity index (χ2v) is 6.60. The highest BCUT2D eigenvalue weighted by atomic mass is 16.1. The van der Waals surface area contributed by atoms with E-state index in [1.54, 1.807) is 0 Å². The molecule has 0 aromatic carbocycles. The van der Waals surface area contributed by atoms with Gasteiger partial charge in [-0.05, 0) is 32.9 Å². The van der Waals surface area contributed by atoms with Crippen molar-refractivity contribution in [3.05, 3.63) is 0 Å². The van der Waals surface area contributed by atoms with Crippen LogP contribution >= 0.6 is 0 Å². The molecule has 6 heteroatoms. The molecule has 0 aromatic heterocycles. The van der Waals surface area contributed by atoms with E-state index >= 15 is 0 Å². The van der Waals surface area contributed by atoms with Gasteiger partial charge in [-0.15, -0.1) is 0 Å². The minimum Gasteiger partial charge on any atom is -0.368 e. The highest BCUT2D eigenvalue weighted by Gasteiger charge is 2.47. The fourth-order valence-corrected chi connectivity index (χ4v) is 2.89. The van der Waals surface area contributed by atoms with Crippen molar-refractivity contribution in [3.8, 4) is 0 Å². The number of hydrogen-bond acceptors (Lipinski definition) is 5. The van der Waals surface area contributed by atoms with E-state index in [0.717, 1.165) is 52.1 Å². The van der Waals surface area contributed by atoms with Crippen LogP contribution in [0, 0.1) is 5.92 Å². The molecule has 1 atom stereocenters. The lowest BCUT2D eigenvalue weighted by Gasteiger charge is -2.39. The maximum absolute atomic E-state index is 11.7. The number of carbonyl (C=O) groups is 1. The molecule has 1 aliphatic heterocycles. The van der Waals surface area contributed by atoms with Gasteiger partial charge in [-0.3, -0.25) is 14.6 Å². The van der Waals surface area contributed by atoms with Crippen LogP contribution in [-0.4, -0.2) is 86.1 Å². The summed E-state index contributed by atoms with van der Waals surface area (Å²) in [4.78, 5) is 18.6. The number of primary amides is 1. The zero-order chi connectivity index (χ0) is 14.8. The predicted molar refractivity (Wildman–Crippen MR) is 80.3 cm³/mol. The summed E-state index contributed by atoms with van der Waals surface area (Å²) in [6.45, 7) is 6.87. The smallest absolute Gasteiger partial charge is 0.239 e. The van der Waals surface area contributed by atoms with Crippen molar-refractivity contribution in [3.63, 3.8) is 0 Å². The van der Waals surface area contributed by atoms with Crippen LogP contribution in [-0.2, 0) is 4.79 Å². The quantitative estimate of drug-likeness (QED) is 0.611. The molecule has 0 aromatic rings. The van der Waals surface area contributed by atoms with Crippen molar-refractivity contribution < 1.29 is 4.79 Å². The van der Waals surface area contributed by atoms with Crippen LogP contribution in [0.1, 0.15) is 12.8 Å². The first-order valence-corrected chi connectivity index (χ1v) is 7.60. The second-order valence-electron chi connectivity index (χ2n) is 6.60. The van der Waals surface area contributed by atoms with Gasteiger partial charge in [0.15, 0.2) is 0 Å². The molecule has 2 aliphatic rings. The maximum atomic E-state index is 11.7. The van der Waals surface area contributed by atoms with Crippen molar-refractivity contribution in [1.82, 2.24) is 14.7 Å². The Kier molecular flexibility index (Phi) is 5.01. The lowest BCUT2D eigenvalue weighted by atomic mass is 9.92. The Bertz CT molecular complexity index is 336. The predicted octanol–water partition coefficient (Wildman–Crippen LogP) is -1.24. The first-order valence-electron chi connectivity index (χ1n) is 7.60. The molecule has 1 unspecified atom stereocenters. The second kappa shape index (κ2) is 6.39. The van der Waals surface area contributed by atoms with Crippen LogP contribution in [0.5, 0.6) is 0 Å². The SMILES string of the molecule is CN(C)CCN1CCN(CC(N)(C(N)=O)C2CC2)CC1. The summed E-state index contributed by atoms with van der Waals surface area (Å²) < 4.78 is 0. The van der Waals surface area contributed by atoms with E-state index in [1.165, 1.54) is 0 Å². The molecule has 4 N–H and O–H groups in total. The van der Waals surface area contributed by atoms with Gasteiger partial charge in [0.25, 0.3) is 0 Å². The Hall–Kier alpha value is -0.690. The van der Waals surface area contributed by atoms with Crippen LogP contribution in [0.4, 0.5) is 0 Å². The first-order chi connectivity index (χ1) is 9.41. The van der Waals surface area contributed by atoms with Gasteiger partial charge in [0.1, 0.15) is 5.54 Å². The van der Waals surface area contributed by atoms with Crippen molar-refractivity contribution >= 4 is 5.91 Å². The van der Waals surface area contributed by atoms with E-state index in [-0.39, 0.29) is 5.91 Å². The Morgan fingerprint density at radius 2 is 1.75 bits per heavy atom. The Morgan fingerprint density at radius 3 is 2.20 bits per heavy atom. The van der Waals surface area contributed by atoms with Crippen molar-refractivity contribution in [2.45, 2.75) is 18.4 Å². The van der Waals surface area contributed by atoms with Gasteiger partial charge in [-0.2, -0.15) is 0 Å². The Morgan fingerprint density at radius 1 is 1.20 bits per heavy atom. The standard InChI is InChI=1S/C14H29N5O/c1-17(2)5-6-18-7-9-19(10-8-18)11-14(16,13(15)20)12-3-4-12/h12H,3-11,16H2,1-2H3,(H2,15,20). The number of hydrogen-bond donors (Lipinski definition) is 2. The molecule has 0 radical (unpaired) electrons. The molecule has 116 valence electrons. The van der Waals surface area contributed by atoms with Crippen LogP contribution in [0.2, 0.25) is 0 Å². The highest BCUT2D eigenvalue weighted by molar-refractivity contribution is 5.85. The van der Waals surface area contributed by atoms with E-state index in [9.17, 15) is 4.79 Å². The first kappa shape index (κ1) is 15.7. The monoisotopic (exact) mass is 283 g/mol. The number of likely N-dealkylation sites (N-methyl/N-ethyl adjacent to an activating group) is 1. The average Bonchev–Trinajstić information content (AvgIpc) is 3.22. The molecule has 6 nitrogen and oxygen atoms in total. The minimum atomic E-state index is -0.814. The molecule has 1 saturated heterocycles. The third kappa shape index (κ3) is 3.91. The summed E-state index contributed by atoms with van der Waals surface area (Å²) in [7, 11) is 4.20. The van der Waals surface area contributed by atoms with Gasteiger partial charge in [0, 0.05) is 45.8 Å². The van der Waals surface area contributed by atoms with E-state index in [4.69, 9.17) is 11.5 Å². The molecule has 1 heterocycles. The number of nitrogens with zero attached hydrogens (tertiary/aromatic N) is 3. The van der Waals surface area contributed by atoms with Gasteiger partial charge in [0.05, 0.1) is 0 Å². The van der Waals surface area contributed by atoms with Crippen molar-refractivity contribution in [1.29, 1.82) is 0 Å². The van der Waals surface area contributed by atoms with E-state index < -0.39 is 5.54 Å². The normalized spacial score (nSPS) is 24.8. The van der Waals surface area contributed by atoms with Crippen molar-refractivity contribution in [2.75, 3.05) is 59.9 Å². The van der Waals surface area contributed by atoms with Gasteiger partial charge in [0.2, 0.25) is 5.91 Å². The van der Waals surface area contributed by atoms with E-state index in [0.29, 0.717) is 12.5 Å². The molecule has 0 bridgehead atoms. The van der Waals surface area contributed by atoms with Crippen LogP contribution in [0.3, 0.4) is 0 Å². The Labute approximate surface area is 122 Å². The molecule has 0 spiro atoms. The molecule has 1 aliphatic carbocycles. The summed E-state index contributed by atoms with van der Waals surface area (Å²) in [6, 6.07) is 0. The third-order valence-electron chi connectivity index (χ3n) is 4.58. The number of nitrogens with two attached hydrogens (primary N) is 2. The van der Waals surface area contributed by atoms with Gasteiger partial charge >= 0.3 is 0 Å². The third-order valence-corrected chi connectivity index (χ3v) is 4.58. The van der Waals surface area contributed by atoms with E-state index in [1.807, 2.05) is 0 Å². The summed E-state index contributed by atoms with van der Waals surface area (Å²) in [5.41, 5.74) is 11.0. The topological polar surface area (TPSA) is 78.8 Å². The van der Waals surface area contributed by atoms with Gasteiger partial charge in [-0.25, -0.2) is 0 Å². The van der Waals surface area contributed by atoms with Crippen LogP contribution in [0.15, 0.2) is 0 Å². The summed E-state index contributed by atoms with van der Waals surface area (Å²) >= 11 is 0. The molecule has 2 fully saturated rings. The lowest BCUT2D eigenvalue weighted by Crippen LogP contribution is -2.62. The fourth-order valence-electron chi connectivity index (χ4n) is 2.89. The van der Waals surface area contributed by atoms with Gasteiger partial charge < -0.3 is 16.4 Å². The number of carbonyl (C=O) groups excluding carboxylic acids is 1. The largest absolute Gasteiger partial charge is 0.368 e. The Balaban J connectivity index is 1.77. The number of rotatable bonds is 7. The van der Waals surface area contributed by atoms with Crippen LogP contribution < -0.4 is 11.5 Å². The highest BCUT2D eigenvalue weighted by Crippen LogP contribution is 2.38. The molecule has 2 rings (SSSR count). The molecular weight excluding hydrogens is 254 g/mol. The summed E-state index contributed by atoms with van der Waals surface area (Å²) in [5.74, 6) is -0.0400. The zero-order valence-electron chi connectivity index (χ0n) is 12.8. The fraction of sp³-hybridized carbons (Fsp3) is 0.929. The number of amides is 1. The van der Waals surface area contributed by atoms with Gasteiger partial charge in [-0.1, -0.05) is 0 Å². The summed E-state index contributed by atoms with van der Waals surface area (Å²) in [5, 5.41) is 0. The van der Waals surface area contributed by atoms with Crippen LogP contribution in [0.25, 0.3) is 0 Å². The lowest BCUT2D eigenvalue weighted by molar-refractivity contribution is -0.124. The molecule has 1 saturated carbocycles. The average molecular weight is 283 g/mol. The zero-order valence-corrected chi connectivity index (χ0v) is 12.8. The molecular formula is C14H29N5O. The maximum Gasteiger partial charge on any atom is 0.239 e. The molecule has 1 amide bonds. The number of piperazine rings is 1. The molecule has 20 heavy (non-hydrogen) atoms. The van der Waals surface area contributed by atoms with Crippen molar-refractivity contribution in [2.24, 2.45) is 17.4 Å².